The number of carbonyl (C=O) groups is 1. The number of rotatable bonds is 9. The molecule has 0 bridgehead atoms. The van der Waals surface area contributed by atoms with Gasteiger partial charge in [-0.2, -0.15) is 0 Å². The zero-order valence-corrected chi connectivity index (χ0v) is 26.7. The van der Waals surface area contributed by atoms with E-state index in [1.807, 2.05) is 18.2 Å². The van der Waals surface area contributed by atoms with Gasteiger partial charge in [0.2, 0.25) is 0 Å². The number of anilines is 4. The van der Waals surface area contributed by atoms with Crippen molar-refractivity contribution in [3.8, 4) is 17.2 Å². The molecule has 2 aliphatic heterocycles. The predicted octanol–water partition coefficient (Wildman–Crippen LogP) is 5.55. The van der Waals surface area contributed by atoms with E-state index in [2.05, 4.69) is 49.0 Å². The third kappa shape index (κ3) is 7.28. The van der Waals surface area contributed by atoms with Crippen molar-refractivity contribution < 1.29 is 23.8 Å². The highest BCUT2D eigenvalue weighted by atomic mass is 19.1. The molecule has 2 aromatic heterocycles. The van der Waals surface area contributed by atoms with Gasteiger partial charge in [-0.1, -0.05) is 6.58 Å². The van der Waals surface area contributed by atoms with Gasteiger partial charge in [0.25, 0.3) is 0 Å². The third-order valence-corrected chi connectivity index (χ3v) is 8.99. The number of likely N-dealkylation sites (tertiary alicyclic amines) is 1. The second-order valence-electron chi connectivity index (χ2n) is 12.5. The minimum Gasteiger partial charge on any atom is -0.495 e. The largest absolute Gasteiger partial charge is 0.495 e. The fraction of sp³-hybridized carbons (Fsp3) is 0.371. The summed E-state index contributed by atoms with van der Waals surface area (Å²) in [7, 11) is 3.79. The Hall–Kier alpha value is -4.81. The number of methoxy groups -OCH3 is 1. The Morgan fingerprint density at radius 1 is 1.04 bits per heavy atom. The number of pyridine rings is 1. The van der Waals surface area contributed by atoms with Crippen LogP contribution in [0.3, 0.4) is 0 Å². The van der Waals surface area contributed by atoms with Gasteiger partial charge in [-0.25, -0.2) is 19.3 Å². The van der Waals surface area contributed by atoms with E-state index in [0.717, 1.165) is 68.8 Å². The molecule has 4 aromatic rings. The van der Waals surface area contributed by atoms with Gasteiger partial charge in [-0.05, 0) is 76.2 Å². The smallest absolute Gasteiger partial charge is 0.150 e. The van der Waals surface area contributed by atoms with Crippen LogP contribution in [0.2, 0.25) is 0 Å². The third-order valence-electron chi connectivity index (χ3n) is 8.99. The number of nitrogens with zero attached hydrogens (tertiary/aromatic N) is 5. The molecular weight excluding hydrogens is 601 g/mol. The van der Waals surface area contributed by atoms with Crippen molar-refractivity contribution in [3.05, 3.63) is 73.5 Å². The van der Waals surface area contributed by atoms with Crippen molar-refractivity contribution in [2.24, 2.45) is 5.41 Å². The molecule has 1 aliphatic carbocycles. The summed E-state index contributed by atoms with van der Waals surface area (Å²) in [6.07, 6.45) is 8.61. The Balaban J connectivity index is 0.000000915. The average molecular weight is 642 g/mol. The lowest BCUT2D eigenvalue weighted by atomic mass is 9.62. The first-order valence-corrected chi connectivity index (χ1v) is 15.8. The zero-order valence-electron chi connectivity index (χ0n) is 26.7. The van der Waals surface area contributed by atoms with Gasteiger partial charge in [-0.3, -0.25) is 4.79 Å². The molecule has 12 heteroatoms. The molecular formula is C35H40FN7O4. The monoisotopic (exact) mass is 641 g/mol. The molecule has 1 saturated carbocycles. The number of hydrogen-bond acceptors (Lipinski definition) is 11. The molecule has 0 atom stereocenters. The second kappa shape index (κ2) is 13.9. The molecule has 0 amide bonds. The highest BCUT2D eigenvalue weighted by Gasteiger charge is 2.52. The van der Waals surface area contributed by atoms with E-state index >= 15 is 4.39 Å². The molecule has 0 radical (unpaired) electrons. The maximum absolute atomic E-state index is 15.3. The summed E-state index contributed by atoms with van der Waals surface area (Å²) in [5.74, 6) is 2.52. The van der Waals surface area contributed by atoms with E-state index in [4.69, 9.17) is 14.3 Å². The van der Waals surface area contributed by atoms with Crippen LogP contribution in [0.5, 0.6) is 17.2 Å². The summed E-state index contributed by atoms with van der Waals surface area (Å²) >= 11 is 0. The van der Waals surface area contributed by atoms with E-state index in [1.165, 1.54) is 18.5 Å². The predicted molar refractivity (Wildman–Crippen MR) is 180 cm³/mol. The highest BCUT2D eigenvalue weighted by Crippen LogP contribution is 2.49. The number of hydrogen-bond donors (Lipinski definition) is 3. The Labute approximate surface area is 273 Å². The van der Waals surface area contributed by atoms with Crippen molar-refractivity contribution in [3.63, 3.8) is 0 Å². The summed E-state index contributed by atoms with van der Waals surface area (Å²) in [5.41, 5.74) is 2.06. The zero-order chi connectivity index (χ0) is 33.0. The summed E-state index contributed by atoms with van der Waals surface area (Å²) < 4.78 is 27.0. The van der Waals surface area contributed by atoms with Crippen LogP contribution >= 0.6 is 0 Å². The molecule has 246 valence electrons. The van der Waals surface area contributed by atoms with Gasteiger partial charge in [0.15, 0.2) is 0 Å². The molecule has 0 unspecified atom stereocenters. The van der Waals surface area contributed by atoms with Crippen LogP contribution in [0.15, 0.2) is 67.6 Å². The molecule has 3 N–H and O–H groups in total. The highest BCUT2D eigenvalue weighted by molar-refractivity contribution is 5.95. The van der Waals surface area contributed by atoms with Crippen molar-refractivity contribution in [1.29, 1.82) is 0 Å². The fourth-order valence-corrected chi connectivity index (χ4v) is 6.52. The number of benzene rings is 2. The molecule has 2 aromatic carbocycles. The van der Waals surface area contributed by atoms with Crippen LogP contribution in [0.4, 0.5) is 27.4 Å². The van der Waals surface area contributed by atoms with Gasteiger partial charge >= 0.3 is 0 Å². The number of ether oxygens (including phenoxy) is 2. The average Bonchev–Trinajstić information content (AvgIpc) is 3.04. The number of aliphatic hydroxyl groups excluding tert-OH is 1. The van der Waals surface area contributed by atoms with Crippen LogP contribution in [-0.2, 0) is 4.79 Å². The van der Waals surface area contributed by atoms with Gasteiger partial charge in [0, 0.05) is 54.3 Å². The van der Waals surface area contributed by atoms with Crippen LogP contribution in [0, 0.1) is 11.2 Å². The second-order valence-corrected chi connectivity index (χ2v) is 12.5. The molecule has 3 aliphatic rings. The Kier molecular flexibility index (Phi) is 9.50. The maximum atomic E-state index is 15.3. The van der Waals surface area contributed by atoms with Crippen molar-refractivity contribution in [1.82, 2.24) is 19.9 Å². The van der Waals surface area contributed by atoms with Crippen molar-refractivity contribution >= 4 is 40.2 Å². The Morgan fingerprint density at radius 2 is 1.79 bits per heavy atom. The molecule has 7 rings (SSSR count). The number of carbonyl (C=O) groups excluding carboxylic acids is 1. The number of aliphatic hydroxyl groups is 1. The van der Waals surface area contributed by atoms with Crippen LogP contribution in [0.25, 0.3) is 10.9 Å². The molecule has 1 spiro atoms. The number of halogens is 1. The first kappa shape index (κ1) is 32.1. The minimum absolute atomic E-state index is 0.169. The first-order chi connectivity index (χ1) is 22.8. The number of allylic oxidation sites excluding steroid dienone is 1. The van der Waals surface area contributed by atoms with Crippen LogP contribution in [0.1, 0.15) is 25.7 Å². The standard InChI is InChI=1S/C32H36FN7O3.C3H4O/c1-39-9-6-20(7-10-39)37-28-13-24-27(14-29(28)42-2)35-19-36-31(24)38-26-4-3-22(11-25(26)33)43-23-5-8-34-30(12-23)40-17-32(18-40)15-21(41)16-32;1-2-3-4/h3-5,8,11-14,19-21,37,41H,6-7,9-10,15-18H2,1-2H3,(H,35,36,38);2-3H,1H2. The summed E-state index contributed by atoms with van der Waals surface area (Å²) in [6, 6.07) is 12.5. The molecule has 11 nitrogen and oxygen atoms in total. The van der Waals surface area contributed by atoms with Crippen molar-refractivity contribution in [2.75, 3.05) is 55.9 Å². The van der Waals surface area contributed by atoms with Crippen molar-refractivity contribution in [2.45, 2.75) is 37.8 Å². The normalized spacial score (nSPS) is 17.6. The lowest BCUT2D eigenvalue weighted by molar-refractivity contribution is -0.104. The van der Waals surface area contributed by atoms with Gasteiger partial charge < -0.3 is 35.0 Å². The molecule has 47 heavy (non-hydrogen) atoms. The summed E-state index contributed by atoms with van der Waals surface area (Å²) in [4.78, 5) is 26.9. The van der Waals surface area contributed by atoms with Crippen LogP contribution < -0.4 is 25.0 Å². The minimum atomic E-state index is -0.468. The molecule has 2 saturated heterocycles. The Bertz CT molecular complexity index is 1730. The van der Waals surface area contributed by atoms with E-state index < -0.39 is 5.82 Å². The Morgan fingerprint density at radius 3 is 2.47 bits per heavy atom. The van der Waals surface area contributed by atoms with Gasteiger partial charge in [-0.15, -0.1) is 0 Å². The maximum Gasteiger partial charge on any atom is 0.150 e. The van der Waals surface area contributed by atoms with E-state index in [0.29, 0.717) is 40.9 Å². The lowest BCUT2D eigenvalue weighted by Crippen LogP contribution is -2.64. The lowest BCUT2D eigenvalue weighted by Gasteiger charge is -2.58. The topological polar surface area (TPSA) is 125 Å². The summed E-state index contributed by atoms with van der Waals surface area (Å²) in [6.45, 7) is 6.96. The van der Waals surface area contributed by atoms with Crippen LogP contribution in [-0.4, -0.2) is 83.7 Å². The summed E-state index contributed by atoms with van der Waals surface area (Å²) in [5, 5.41) is 17.2. The van der Waals surface area contributed by atoms with E-state index in [-0.39, 0.29) is 17.2 Å². The number of fused-ring (bicyclic) bond motifs is 1. The quantitative estimate of drug-likeness (QED) is 0.157. The van der Waals surface area contributed by atoms with Gasteiger partial charge in [0.05, 0.1) is 30.1 Å². The number of piperidine rings is 1. The molecule has 4 heterocycles. The number of aromatic nitrogens is 3. The SMILES string of the molecule is C=CC=O.COc1cc2ncnc(Nc3ccc(Oc4ccnc(N5CC6(CC(O)C6)C5)c4)cc3F)c2cc1NC1CCN(C)CC1. The first-order valence-electron chi connectivity index (χ1n) is 15.8. The fourth-order valence-electron chi connectivity index (χ4n) is 6.52. The van der Waals surface area contributed by atoms with E-state index in [1.54, 1.807) is 31.5 Å². The number of aldehydes is 1. The van der Waals surface area contributed by atoms with Gasteiger partial charge in [0.1, 0.15) is 47.3 Å². The molecule has 3 fully saturated rings. The van der Waals surface area contributed by atoms with E-state index in [9.17, 15) is 5.11 Å². The number of nitrogens with one attached hydrogen (secondary N) is 2.